The van der Waals surface area contributed by atoms with Crippen molar-refractivity contribution in [2.45, 2.75) is 60.7 Å². The molecular formula is C31H33Cl3FNS2. The summed E-state index contributed by atoms with van der Waals surface area (Å²) in [5, 5.41) is 0. The Morgan fingerprint density at radius 3 is 2.18 bits per heavy atom. The van der Waals surface area contributed by atoms with E-state index in [0.717, 1.165) is 71.2 Å². The maximum Gasteiger partial charge on any atom is 0.190 e. The van der Waals surface area contributed by atoms with Crippen LogP contribution >= 0.6 is 58.8 Å². The minimum atomic E-state index is -1.13. The maximum atomic E-state index is 13.9. The number of alkyl halides is 3. The molecule has 1 nitrogen and oxygen atoms in total. The number of hydrogen-bond donors (Lipinski definition) is 0. The predicted octanol–water partition coefficient (Wildman–Crippen LogP) is 11.6. The van der Waals surface area contributed by atoms with Crippen molar-refractivity contribution >= 4 is 58.8 Å². The van der Waals surface area contributed by atoms with Gasteiger partial charge in [-0.25, -0.2) is 4.39 Å². The molecule has 0 radical (unpaired) electrons. The zero-order chi connectivity index (χ0) is 27.4. The zero-order valence-electron chi connectivity index (χ0n) is 21.5. The van der Waals surface area contributed by atoms with Crippen LogP contribution in [-0.2, 0) is 6.54 Å². The van der Waals surface area contributed by atoms with Gasteiger partial charge < -0.3 is 4.57 Å². The van der Waals surface area contributed by atoms with E-state index in [2.05, 4.69) is 66.3 Å². The summed E-state index contributed by atoms with van der Waals surface area (Å²) in [5.74, 6) is 0.666. The van der Waals surface area contributed by atoms with Crippen molar-refractivity contribution in [2.75, 3.05) is 5.75 Å². The number of halogens is 4. The van der Waals surface area contributed by atoms with Gasteiger partial charge in [0.05, 0.1) is 4.51 Å². The first-order valence-electron chi connectivity index (χ1n) is 12.9. The monoisotopic (exact) mass is 607 g/mol. The summed E-state index contributed by atoms with van der Waals surface area (Å²) < 4.78 is 15.6. The van der Waals surface area contributed by atoms with Gasteiger partial charge in [-0.15, -0.1) is 11.8 Å². The molecule has 0 saturated carbocycles. The molecule has 0 aliphatic carbocycles. The second kappa shape index (κ2) is 15.9. The van der Waals surface area contributed by atoms with Gasteiger partial charge in [-0.05, 0) is 80.8 Å². The summed E-state index contributed by atoms with van der Waals surface area (Å²) in [4.78, 5) is 1.21. The zero-order valence-corrected chi connectivity index (χ0v) is 25.4. The highest BCUT2D eigenvalue weighted by Gasteiger charge is 2.17. The molecule has 0 atom stereocenters. The molecule has 0 N–H and O–H groups in total. The summed E-state index contributed by atoms with van der Waals surface area (Å²) in [6, 6.07) is 15.1. The molecule has 3 aromatic rings. The van der Waals surface area contributed by atoms with Crippen LogP contribution in [0.15, 0.2) is 90.1 Å². The maximum absolute atomic E-state index is 13.9. The number of aryl methyl sites for hydroxylation is 1. The number of unbranched alkanes of at least 4 members (excludes halogenated alkanes) is 3. The van der Waals surface area contributed by atoms with Gasteiger partial charge in [0.25, 0.3) is 0 Å². The molecule has 0 bridgehead atoms. The van der Waals surface area contributed by atoms with E-state index in [0.29, 0.717) is 6.42 Å². The van der Waals surface area contributed by atoms with Crippen molar-refractivity contribution in [1.29, 1.82) is 0 Å². The molecule has 0 fully saturated rings. The molecule has 0 aliphatic rings. The van der Waals surface area contributed by atoms with Crippen molar-refractivity contribution < 1.29 is 4.39 Å². The van der Waals surface area contributed by atoms with Crippen LogP contribution in [-0.4, -0.2) is 14.1 Å². The second-order valence-corrected chi connectivity index (χ2v) is 13.0. The molecule has 0 spiro atoms. The van der Waals surface area contributed by atoms with E-state index in [1.807, 2.05) is 24.0 Å². The van der Waals surface area contributed by atoms with Gasteiger partial charge in [0.15, 0.2) is 3.79 Å². The van der Waals surface area contributed by atoms with Gasteiger partial charge in [-0.2, -0.15) is 0 Å². The van der Waals surface area contributed by atoms with Gasteiger partial charge in [0, 0.05) is 40.7 Å². The summed E-state index contributed by atoms with van der Waals surface area (Å²) >= 11 is 24.9. The fourth-order valence-corrected chi connectivity index (χ4v) is 5.45. The lowest BCUT2D eigenvalue weighted by Crippen LogP contribution is -2.00. The SMILES string of the molecule is CCn1cc(-c2ccc(SCC=CCCC=CCCCCC(Cl)(Cl)Cl)cc2)c(=S)c(-c2cccc(F)c2)c1. The highest BCUT2D eigenvalue weighted by Crippen LogP contribution is 2.32. The first-order valence-corrected chi connectivity index (χ1v) is 15.4. The van der Waals surface area contributed by atoms with Crippen molar-refractivity contribution in [1.82, 2.24) is 4.57 Å². The summed E-state index contributed by atoms with van der Waals surface area (Å²) in [5.41, 5.74) is 3.72. The van der Waals surface area contributed by atoms with E-state index in [-0.39, 0.29) is 5.82 Å². The smallest absolute Gasteiger partial charge is 0.190 e. The van der Waals surface area contributed by atoms with Crippen LogP contribution in [0.1, 0.15) is 45.4 Å². The van der Waals surface area contributed by atoms with E-state index in [1.165, 1.54) is 17.0 Å². The van der Waals surface area contributed by atoms with Crippen LogP contribution in [0.3, 0.4) is 0 Å². The van der Waals surface area contributed by atoms with Crippen LogP contribution in [0, 0.1) is 10.3 Å². The quantitative estimate of drug-likeness (QED) is 0.0625. The first-order chi connectivity index (χ1) is 18.3. The number of pyridine rings is 1. The minimum Gasteiger partial charge on any atom is -0.353 e. The van der Waals surface area contributed by atoms with Crippen LogP contribution < -0.4 is 0 Å². The van der Waals surface area contributed by atoms with Crippen molar-refractivity contribution in [3.05, 3.63) is 95.6 Å². The number of hydrogen-bond acceptors (Lipinski definition) is 2. The second-order valence-electron chi connectivity index (χ2n) is 8.97. The lowest BCUT2D eigenvalue weighted by atomic mass is 10.0. The average Bonchev–Trinajstić information content (AvgIpc) is 2.89. The van der Waals surface area contributed by atoms with E-state index >= 15 is 0 Å². The molecule has 7 heteroatoms. The number of thioether (sulfide) groups is 1. The van der Waals surface area contributed by atoms with Gasteiger partial charge in [-0.1, -0.05) is 95.6 Å². The van der Waals surface area contributed by atoms with E-state index in [1.54, 1.807) is 6.07 Å². The molecule has 0 saturated heterocycles. The number of rotatable bonds is 13. The molecule has 2 aromatic carbocycles. The summed E-state index contributed by atoms with van der Waals surface area (Å²) in [7, 11) is 0. The number of allylic oxidation sites excluding steroid dienone is 3. The Hall–Kier alpha value is -1.56. The number of nitrogens with zero attached hydrogens (tertiary/aromatic N) is 1. The molecular weight excluding hydrogens is 576 g/mol. The summed E-state index contributed by atoms with van der Waals surface area (Å²) in [6.45, 7) is 2.89. The van der Waals surface area contributed by atoms with Crippen LogP contribution in [0.4, 0.5) is 4.39 Å². The van der Waals surface area contributed by atoms with Crippen LogP contribution in [0.5, 0.6) is 0 Å². The molecule has 0 amide bonds. The molecule has 3 rings (SSSR count). The Morgan fingerprint density at radius 1 is 0.868 bits per heavy atom. The van der Waals surface area contributed by atoms with Crippen molar-refractivity contribution in [3.63, 3.8) is 0 Å². The third-order valence-electron chi connectivity index (χ3n) is 6.01. The molecule has 1 aromatic heterocycles. The highest BCUT2D eigenvalue weighted by molar-refractivity contribution is 7.99. The van der Waals surface area contributed by atoms with Gasteiger partial charge >= 0.3 is 0 Å². The van der Waals surface area contributed by atoms with Crippen molar-refractivity contribution in [3.8, 4) is 22.3 Å². The van der Waals surface area contributed by atoms with E-state index in [9.17, 15) is 4.39 Å². The normalized spacial score (nSPS) is 12.1. The Kier molecular flexibility index (Phi) is 12.9. The Bertz CT molecular complexity index is 1280. The Morgan fingerprint density at radius 2 is 1.53 bits per heavy atom. The molecule has 1 heterocycles. The standard InChI is InChI=1S/C31H33Cl3FNS2/c1-2-36-22-28(30(37)29(23-36)25-13-12-14-26(35)21-25)24-15-17-27(18-16-24)38-20-11-9-7-5-3-4-6-8-10-19-31(32,33)34/h3-4,9,11-18,21-23H,2,5-8,10,19-20H2,1H3. The third kappa shape index (κ3) is 10.5. The van der Waals surface area contributed by atoms with Gasteiger partial charge in [0.1, 0.15) is 5.82 Å². The lowest BCUT2D eigenvalue weighted by molar-refractivity contribution is 0.628. The Balaban J connectivity index is 1.50. The average molecular weight is 609 g/mol. The van der Waals surface area contributed by atoms with Gasteiger partial charge in [-0.3, -0.25) is 0 Å². The summed E-state index contributed by atoms with van der Waals surface area (Å²) in [6.07, 6.45) is 18.6. The molecule has 38 heavy (non-hydrogen) atoms. The van der Waals surface area contributed by atoms with Crippen LogP contribution in [0.2, 0.25) is 0 Å². The predicted molar refractivity (Wildman–Crippen MR) is 169 cm³/mol. The number of aromatic nitrogens is 1. The fraction of sp³-hybridized carbons (Fsp3) is 0.323. The largest absolute Gasteiger partial charge is 0.353 e. The third-order valence-corrected chi connectivity index (χ3v) is 7.98. The minimum absolute atomic E-state index is 0.262. The van der Waals surface area contributed by atoms with Crippen molar-refractivity contribution in [2.24, 2.45) is 0 Å². The van der Waals surface area contributed by atoms with E-state index in [4.69, 9.17) is 47.0 Å². The topological polar surface area (TPSA) is 4.93 Å². The molecule has 0 aliphatic heterocycles. The number of benzene rings is 2. The molecule has 202 valence electrons. The Labute approximate surface area is 250 Å². The highest BCUT2D eigenvalue weighted by atomic mass is 35.6. The van der Waals surface area contributed by atoms with E-state index < -0.39 is 3.79 Å². The van der Waals surface area contributed by atoms with Gasteiger partial charge in [0.2, 0.25) is 0 Å². The fourth-order valence-electron chi connectivity index (χ4n) is 3.96. The molecule has 0 unspecified atom stereocenters. The van der Waals surface area contributed by atoms with Crippen LogP contribution in [0.25, 0.3) is 22.3 Å². The lowest BCUT2D eigenvalue weighted by Gasteiger charge is -2.13. The first kappa shape index (κ1) is 31.0.